The zero-order valence-electron chi connectivity index (χ0n) is 11.4. The quantitative estimate of drug-likeness (QED) is 0.576. The van der Waals surface area contributed by atoms with Crippen LogP contribution in [0, 0.1) is 0 Å². The fourth-order valence-corrected chi connectivity index (χ4v) is 4.67. The summed E-state index contributed by atoms with van der Waals surface area (Å²) >= 11 is 3.52. The minimum atomic E-state index is -0.245. The second kappa shape index (κ2) is 6.18. The zero-order valence-corrected chi connectivity index (χ0v) is 14.7. The van der Waals surface area contributed by atoms with Crippen LogP contribution in [0.2, 0.25) is 0 Å². The second-order valence-electron chi connectivity index (χ2n) is 4.74. The number of carbonyl (C=O) groups excluding carboxylic acids is 1. The molecule has 0 spiro atoms. The molecule has 0 saturated heterocycles. The molecule has 0 aliphatic carbocycles. The summed E-state index contributed by atoms with van der Waals surface area (Å²) in [4.78, 5) is 11.9. The Kier molecular flexibility index (Phi) is 4.29. The van der Waals surface area contributed by atoms with Crippen LogP contribution in [0.4, 0.5) is 0 Å². The van der Waals surface area contributed by atoms with Crippen molar-refractivity contribution in [2.75, 3.05) is 0 Å². The summed E-state index contributed by atoms with van der Waals surface area (Å²) in [6.45, 7) is 1.86. The predicted octanol–water partition coefficient (Wildman–Crippen LogP) is 3.35. The van der Waals surface area contributed by atoms with Crippen LogP contribution in [-0.4, -0.2) is 20.9 Å². The molecule has 21 heavy (non-hydrogen) atoms. The van der Waals surface area contributed by atoms with Gasteiger partial charge in [-0.25, -0.2) is 0 Å². The van der Waals surface area contributed by atoms with E-state index in [0.717, 1.165) is 20.1 Å². The van der Waals surface area contributed by atoms with Crippen LogP contribution >= 0.6 is 15.9 Å². The molecular weight excluding hydrogens is 395 g/mol. The molecule has 0 aromatic heterocycles. The van der Waals surface area contributed by atoms with Gasteiger partial charge >= 0.3 is 139 Å². The molecule has 0 N–H and O–H groups in total. The topological polar surface area (TPSA) is 26.3 Å². The normalized spacial score (nSPS) is 18.0. The molecule has 1 unspecified atom stereocenters. The number of carbonyl (C=O) groups is 1. The summed E-state index contributed by atoms with van der Waals surface area (Å²) < 4.78 is 8.95. The maximum absolute atomic E-state index is 11.9. The van der Waals surface area contributed by atoms with Gasteiger partial charge in [0.15, 0.2) is 0 Å². The van der Waals surface area contributed by atoms with Crippen LogP contribution < -0.4 is 4.46 Å². The average Bonchev–Trinajstić information content (AvgIpc) is 2.78. The van der Waals surface area contributed by atoms with Gasteiger partial charge in [0.05, 0.1) is 0 Å². The van der Waals surface area contributed by atoms with Crippen LogP contribution in [0.15, 0.2) is 69.1 Å². The average molecular weight is 408 g/mol. The van der Waals surface area contributed by atoms with Crippen molar-refractivity contribution >= 4 is 41.3 Å². The van der Waals surface area contributed by atoms with E-state index in [9.17, 15) is 4.79 Å². The summed E-state index contributed by atoms with van der Waals surface area (Å²) in [5.74, 6) is -0.198. The number of hydrogen-bond donors (Lipinski definition) is 0. The van der Waals surface area contributed by atoms with Crippen molar-refractivity contribution in [1.82, 2.24) is 0 Å². The van der Waals surface area contributed by atoms with E-state index in [1.807, 2.05) is 49.4 Å². The third kappa shape index (κ3) is 3.13. The first kappa shape index (κ1) is 14.6. The van der Waals surface area contributed by atoms with Gasteiger partial charge in [0.1, 0.15) is 0 Å². The zero-order chi connectivity index (χ0) is 14.8. The Labute approximate surface area is 138 Å². The molecule has 0 bridgehead atoms. The van der Waals surface area contributed by atoms with E-state index in [0.29, 0.717) is 0 Å². The molecule has 1 atom stereocenters. The fraction of sp³-hybridized carbons (Fsp3) is 0.118. The van der Waals surface area contributed by atoms with Crippen molar-refractivity contribution < 1.29 is 9.53 Å². The Bertz CT molecular complexity index is 692. The number of hydrogen-bond acceptors (Lipinski definition) is 2. The molecule has 0 saturated carbocycles. The minimum absolute atomic E-state index is 0.0925. The standard InChI is InChI=1S/C17H13BrO2Se/c1-11-16(21-14-5-3-2-4-6-14)15(20-17(11)19)12-7-9-13(18)10-8-12/h2-10,15H,1H3. The van der Waals surface area contributed by atoms with Crippen LogP contribution in [0.25, 0.3) is 0 Å². The Morgan fingerprint density at radius 1 is 1.05 bits per heavy atom. The summed E-state index contributed by atoms with van der Waals surface area (Å²) in [5, 5.41) is 0. The van der Waals surface area contributed by atoms with Crippen molar-refractivity contribution in [2.24, 2.45) is 0 Å². The monoisotopic (exact) mass is 408 g/mol. The van der Waals surface area contributed by atoms with E-state index >= 15 is 0 Å². The fourth-order valence-electron chi connectivity index (χ4n) is 2.15. The third-order valence-electron chi connectivity index (χ3n) is 3.28. The van der Waals surface area contributed by atoms with Crippen molar-refractivity contribution in [3.63, 3.8) is 0 Å². The molecule has 4 heteroatoms. The molecule has 3 rings (SSSR count). The maximum atomic E-state index is 11.9. The number of halogens is 1. The van der Waals surface area contributed by atoms with Crippen LogP contribution in [-0.2, 0) is 9.53 Å². The third-order valence-corrected chi connectivity index (χ3v) is 6.43. The molecule has 2 nitrogen and oxygen atoms in total. The van der Waals surface area contributed by atoms with Gasteiger partial charge in [-0.1, -0.05) is 0 Å². The first-order valence-electron chi connectivity index (χ1n) is 6.55. The van der Waals surface area contributed by atoms with Gasteiger partial charge in [-0.3, -0.25) is 0 Å². The molecule has 0 amide bonds. The van der Waals surface area contributed by atoms with Gasteiger partial charge in [0.2, 0.25) is 0 Å². The van der Waals surface area contributed by atoms with Gasteiger partial charge in [-0.05, 0) is 0 Å². The summed E-state index contributed by atoms with van der Waals surface area (Å²) in [6, 6.07) is 18.2. The van der Waals surface area contributed by atoms with Crippen molar-refractivity contribution in [1.29, 1.82) is 0 Å². The van der Waals surface area contributed by atoms with E-state index in [1.165, 1.54) is 4.46 Å². The Hall–Kier alpha value is -1.35. The van der Waals surface area contributed by atoms with Gasteiger partial charge in [-0.15, -0.1) is 0 Å². The molecular formula is C17H13BrO2Se. The summed E-state index contributed by atoms with van der Waals surface area (Å²) in [6.07, 6.45) is -0.245. The van der Waals surface area contributed by atoms with Crippen LogP contribution in [0.5, 0.6) is 0 Å². The first-order chi connectivity index (χ1) is 10.1. The molecule has 2 aromatic carbocycles. The predicted molar refractivity (Wildman–Crippen MR) is 87.5 cm³/mol. The number of rotatable bonds is 3. The molecule has 0 radical (unpaired) electrons. The van der Waals surface area contributed by atoms with Gasteiger partial charge in [-0.2, -0.15) is 0 Å². The molecule has 1 heterocycles. The van der Waals surface area contributed by atoms with Gasteiger partial charge in [0, 0.05) is 0 Å². The van der Waals surface area contributed by atoms with E-state index in [4.69, 9.17) is 4.74 Å². The molecule has 106 valence electrons. The number of cyclic esters (lactones) is 1. The van der Waals surface area contributed by atoms with Crippen molar-refractivity contribution in [3.8, 4) is 0 Å². The molecule has 1 aliphatic rings. The van der Waals surface area contributed by atoms with E-state index in [-0.39, 0.29) is 27.0 Å². The molecule has 1 aliphatic heterocycles. The van der Waals surface area contributed by atoms with Crippen molar-refractivity contribution in [3.05, 3.63) is 74.7 Å². The first-order valence-corrected chi connectivity index (χ1v) is 9.06. The summed E-state index contributed by atoms with van der Waals surface area (Å²) in [5.41, 5.74) is 1.78. The van der Waals surface area contributed by atoms with Crippen LogP contribution in [0.1, 0.15) is 18.6 Å². The van der Waals surface area contributed by atoms with Crippen LogP contribution in [0.3, 0.4) is 0 Å². The second-order valence-corrected chi connectivity index (χ2v) is 8.00. The van der Waals surface area contributed by atoms with E-state index in [2.05, 4.69) is 28.1 Å². The van der Waals surface area contributed by atoms with Gasteiger partial charge < -0.3 is 0 Å². The van der Waals surface area contributed by atoms with Crippen molar-refractivity contribution in [2.45, 2.75) is 13.0 Å². The summed E-state index contributed by atoms with van der Waals surface area (Å²) in [7, 11) is 0. The molecule has 2 aromatic rings. The van der Waals surface area contributed by atoms with E-state index < -0.39 is 0 Å². The Morgan fingerprint density at radius 3 is 2.38 bits per heavy atom. The SMILES string of the molecule is CC1=C([Se]c2ccccc2)C(c2ccc(Br)cc2)OC1=O. The number of ether oxygens (including phenoxy) is 1. The van der Waals surface area contributed by atoms with Gasteiger partial charge in [0.25, 0.3) is 0 Å². The Morgan fingerprint density at radius 2 is 1.71 bits per heavy atom. The van der Waals surface area contributed by atoms with E-state index in [1.54, 1.807) is 0 Å². The number of benzene rings is 2. The Balaban J connectivity index is 1.94. The number of esters is 1. The molecule has 0 fully saturated rings.